The summed E-state index contributed by atoms with van der Waals surface area (Å²) in [7, 11) is 3.10. The number of nitrogens with one attached hydrogen (secondary N) is 1. The standard InChI is InChI=1S/C19H19N3O4/c1-25-14-9-13(10-15(11-14)26-2)21-19(24)7-8-22-17-6-4-3-5-16(17)18(23)12-20-22/h3-6,9-12H,7-8H2,1-2H3,(H,21,24). The van der Waals surface area contributed by atoms with Crippen LogP contribution in [0.15, 0.2) is 53.5 Å². The second kappa shape index (κ2) is 7.69. The number of nitrogens with zero attached hydrogens (tertiary/aromatic N) is 2. The monoisotopic (exact) mass is 353 g/mol. The Morgan fingerprint density at radius 1 is 1.12 bits per heavy atom. The summed E-state index contributed by atoms with van der Waals surface area (Å²) in [6, 6.07) is 12.4. The molecule has 0 unspecified atom stereocenters. The van der Waals surface area contributed by atoms with Crippen molar-refractivity contribution in [1.29, 1.82) is 0 Å². The van der Waals surface area contributed by atoms with Crippen molar-refractivity contribution in [3.8, 4) is 11.5 Å². The van der Waals surface area contributed by atoms with Crippen LogP contribution in [0.1, 0.15) is 6.42 Å². The van der Waals surface area contributed by atoms with Crippen molar-refractivity contribution in [2.24, 2.45) is 0 Å². The molecule has 3 rings (SSSR count). The zero-order valence-electron chi connectivity index (χ0n) is 14.6. The molecule has 1 N–H and O–H groups in total. The summed E-state index contributed by atoms with van der Waals surface area (Å²) < 4.78 is 12.0. The molecule has 134 valence electrons. The Hall–Kier alpha value is -3.35. The number of anilines is 1. The van der Waals surface area contributed by atoms with Gasteiger partial charge in [0.25, 0.3) is 0 Å². The summed E-state index contributed by atoms with van der Waals surface area (Å²) in [6.07, 6.45) is 1.48. The highest BCUT2D eigenvalue weighted by molar-refractivity contribution is 5.91. The van der Waals surface area contributed by atoms with Crippen LogP contribution in [0.3, 0.4) is 0 Å². The molecule has 1 amide bonds. The maximum atomic E-state index is 12.3. The molecule has 0 aliphatic carbocycles. The fraction of sp³-hybridized carbons (Fsp3) is 0.211. The van der Waals surface area contributed by atoms with Gasteiger partial charge in [-0.25, -0.2) is 0 Å². The number of methoxy groups -OCH3 is 2. The number of fused-ring (bicyclic) bond motifs is 1. The van der Waals surface area contributed by atoms with Crippen LogP contribution in [0.25, 0.3) is 10.9 Å². The third-order valence-electron chi connectivity index (χ3n) is 3.95. The Labute approximate surface area is 150 Å². The number of ether oxygens (including phenoxy) is 2. The minimum atomic E-state index is -0.176. The topological polar surface area (TPSA) is 82.5 Å². The molecule has 0 radical (unpaired) electrons. The van der Waals surface area contributed by atoms with Crippen LogP contribution in [-0.4, -0.2) is 29.9 Å². The van der Waals surface area contributed by atoms with Crippen LogP contribution >= 0.6 is 0 Å². The molecule has 7 heteroatoms. The molecular formula is C19H19N3O4. The molecule has 0 bridgehead atoms. The molecule has 0 atom stereocenters. The van der Waals surface area contributed by atoms with Gasteiger partial charge in [-0.15, -0.1) is 0 Å². The van der Waals surface area contributed by atoms with Crippen molar-refractivity contribution in [3.63, 3.8) is 0 Å². The quantitative estimate of drug-likeness (QED) is 0.736. The van der Waals surface area contributed by atoms with E-state index in [1.807, 2.05) is 12.1 Å². The predicted molar refractivity (Wildman–Crippen MR) is 98.8 cm³/mol. The summed E-state index contributed by atoms with van der Waals surface area (Å²) in [5, 5.41) is 7.53. The Bertz CT molecular complexity index is 975. The van der Waals surface area contributed by atoms with Crippen LogP contribution in [0, 0.1) is 0 Å². The van der Waals surface area contributed by atoms with Crippen molar-refractivity contribution >= 4 is 22.5 Å². The maximum absolute atomic E-state index is 12.3. The Morgan fingerprint density at radius 2 is 1.81 bits per heavy atom. The van der Waals surface area contributed by atoms with E-state index < -0.39 is 0 Å². The number of carbonyl (C=O) groups excluding carboxylic acids is 1. The minimum absolute atomic E-state index is 0.134. The van der Waals surface area contributed by atoms with E-state index in [1.54, 1.807) is 49.2 Å². The number of carbonyl (C=O) groups is 1. The van der Waals surface area contributed by atoms with Gasteiger partial charge < -0.3 is 14.8 Å². The molecule has 0 saturated carbocycles. The lowest BCUT2D eigenvalue weighted by Gasteiger charge is -2.11. The van der Waals surface area contributed by atoms with Crippen LogP contribution in [0.2, 0.25) is 0 Å². The summed E-state index contributed by atoms with van der Waals surface area (Å²) in [4.78, 5) is 24.1. The van der Waals surface area contributed by atoms with Gasteiger partial charge >= 0.3 is 0 Å². The average molecular weight is 353 g/mol. The number of para-hydroxylation sites is 1. The molecule has 2 aromatic carbocycles. The smallest absolute Gasteiger partial charge is 0.226 e. The van der Waals surface area contributed by atoms with E-state index in [4.69, 9.17) is 9.47 Å². The van der Waals surface area contributed by atoms with E-state index in [1.165, 1.54) is 6.20 Å². The highest BCUT2D eigenvalue weighted by atomic mass is 16.5. The van der Waals surface area contributed by atoms with Crippen LogP contribution < -0.4 is 20.2 Å². The highest BCUT2D eigenvalue weighted by Crippen LogP contribution is 2.25. The molecule has 1 heterocycles. The number of aromatic nitrogens is 2. The zero-order valence-corrected chi connectivity index (χ0v) is 14.6. The molecule has 26 heavy (non-hydrogen) atoms. The second-order valence-corrected chi connectivity index (χ2v) is 5.65. The largest absolute Gasteiger partial charge is 0.497 e. The number of hydrogen-bond acceptors (Lipinski definition) is 5. The number of hydrogen-bond donors (Lipinski definition) is 1. The van der Waals surface area contributed by atoms with Gasteiger partial charge in [-0.3, -0.25) is 14.3 Å². The van der Waals surface area contributed by atoms with Gasteiger partial charge in [0, 0.05) is 35.7 Å². The molecular weight excluding hydrogens is 334 g/mol. The lowest BCUT2D eigenvalue weighted by atomic mass is 10.2. The number of benzene rings is 2. The normalized spacial score (nSPS) is 10.5. The summed E-state index contributed by atoms with van der Waals surface area (Å²) in [5.41, 5.74) is 1.16. The van der Waals surface area contributed by atoms with E-state index in [0.29, 0.717) is 34.6 Å². The lowest BCUT2D eigenvalue weighted by Crippen LogP contribution is -2.18. The third-order valence-corrected chi connectivity index (χ3v) is 3.95. The molecule has 0 aliphatic rings. The Morgan fingerprint density at radius 3 is 2.50 bits per heavy atom. The lowest BCUT2D eigenvalue weighted by molar-refractivity contribution is -0.116. The molecule has 0 fully saturated rings. The number of amides is 1. The van der Waals surface area contributed by atoms with E-state index in [0.717, 1.165) is 0 Å². The summed E-state index contributed by atoms with van der Waals surface area (Å²) >= 11 is 0. The third kappa shape index (κ3) is 3.83. The Balaban J connectivity index is 1.72. The van der Waals surface area contributed by atoms with Crippen LogP contribution in [0.5, 0.6) is 11.5 Å². The van der Waals surface area contributed by atoms with Gasteiger partial charge in [-0.05, 0) is 12.1 Å². The summed E-state index contributed by atoms with van der Waals surface area (Å²) in [6.45, 7) is 0.355. The highest BCUT2D eigenvalue weighted by Gasteiger charge is 2.08. The average Bonchev–Trinajstić information content (AvgIpc) is 2.67. The molecule has 0 aliphatic heterocycles. The second-order valence-electron chi connectivity index (χ2n) is 5.65. The molecule has 1 aromatic heterocycles. The van der Waals surface area contributed by atoms with Crippen molar-refractivity contribution in [1.82, 2.24) is 9.78 Å². The number of rotatable bonds is 6. The first-order valence-corrected chi connectivity index (χ1v) is 8.08. The van der Waals surface area contributed by atoms with Crippen molar-refractivity contribution < 1.29 is 14.3 Å². The van der Waals surface area contributed by atoms with Gasteiger partial charge in [0.2, 0.25) is 11.3 Å². The minimum Gasteiger partial charge on any atom is -0.497 e. The van der Waals surface area contributed by atoms with E-state index in [2.05, 4.69) is 10.4 Å². The van der Waals surface area contributed by atoms with Crippen molar-refractivity contribution in [2.45, 2.75) is 13.0 Å². The first kappa shape index (κ1) is 17.5. The molecule has 0 spiro atoms. The number of aryl methyl sites for hydroxylation is 1. The van der Waals surface area contributed by atoms with Gasteiger partial charge in [-0.2, -0.15) is 5.10 Å². The summed E-state index contributed by atoms with van der Waals surface area (Å²) in [5.74, 6) is 1.00. The SMILES string of the molecule is COc1cc(NC(=O)CCn2ncc(=O)c3ccccc32)cc(OC)c1. The fourth-order valence-corrected chi connectivity index (χ4v) is 2.65. The van der Waals surface area contributed by atoms with Gasteiger partial charge in [-0.1, -0.05) is 12.1 Å². The first-order valence-electron chi connectivity index (χ1n) is 8.08. The van der Waals surface area contributed by atoms with Crippen molar-refractivity contribution in [2.75, 3.05) is 19.5 Å². The van der Waals surface area contributed by atoms with Gasteiger partial charge in [0.05, 0.1) is 32.5 Å². The molecule has 3 aromatic rings. The van der Waals surface area contributed by atoms with E-state index in [-0.39, 0.29) is 17.8 Å². The van der Waals surface area contributed by atoms with E-state index >= 15 is 0 Å². The van der Waals surface area contributed by atoms with Crippen LogP contribution in [-0.2, 0) is 11.3 Å². The van der Waals surface area contributed by atoms with E-state index in [9.17, 15) is 9.59 Å². The maximum Gasteiger partial charge on any atom is 0.226 e. The zero-order chi connectivity index (χ0) is 18.5. The fourth-order valence-electron chi connectivity index (χ4n) is 2.65. The van der Waals surface area contributed by atoms with Gasteiger partial charge in [0.1, 0.15) is 11.5 Å². The molecule has 0 saturated heterocycles. The van der Waals surface area contributed by atoms with Crippen LogP contribution in [0.4, 0.5) is 5.69 Å². The first-order chi connectivity index (χ1) is 12.6. The Kier molecular flexibility index (Phi) is 5.17. The predicted octanol–water partition coefficient (Wildman–Crippen LogP) is 2.44. The molecule has 7 nitrogen and oxygen atoms in total. The van der Waals surface area contributed by atoms with Gasteiger partial charge in [0.15, 0.2) is 0 Å². The van der Waals surface area contributed by atoms with Crippen molar-refractivity contribution in [3.05, 3.63) is 58.9 Å².